The molecule has 1 N–H and O–H groups in total. The van der Waals surface area contributed by atoms with Gasteiger partial charge in [0.15, 0.2) is 0 Å². The molecule has 4 heteroatoms. The fraction of sp³-hybridized carbons (Fsp3) is 0.0800. The highest BCUT2D eigenvalue weighted by Crippen LogP contribution is 2.42. The van der Waals surface area contributed by atoms with Crippen LogP contribution in [0, 0.1) is 0 Å². The van der Waals surface area contributed by atoms with Crippen molar-refractivity contribution in [2.45, 2.75) is 26.2 Å². The number of rotatable bonds is 5. The van der Waals surface area contributed by atoms with Gasteiger partial charge in [-0.25, -0.2) is 4.98 Å². The van der Waals surface area contributed by atoms with Gasteiger partial charge in [-0.15, -0.1) is 0 Å². The molecule has 54 heavy (non-hydrogen) atoms. The fourth-order valence-electron chi connectivity index (χ4n) is 7.98. The highest BCUT2D eigenvalue weighted by Gasteiger charge is 2.24. The number of benzene rings is 7. The second-order valence-corrected chi connectivity index (χ2v) is 15.2. The SMILES string of the molecule is CC(C)(C)c1cc(-c2nc3c(-c4cc(-c5cc(-c6ccccc6)ccn5)c5ccccc5c4)cccc3n2-c2ccccc2)c2[nH]c3ccccc3c2c1. The summed E-state index contributed by atoms with van der Waals surface area (Å²) in [5.41, 5.74) is 14.1. The Hall–Kier alpha value is -6.78. The van der Waals surface area contributed by atoms with Gasteiger partial charge in [0.05, 0.1) is 22.2 Å². The zero-order valence-electron chi connectivity index (χ0n) is 30.5. The van der Waals surface area contributed by atoms with E-state index in [0.29, 0.717) is 0 Å². The number of pyridine rings is 1. The number of nitrogens with zero attached hydrogens (tertiary/aromatic N) is 3. The lowest BCUT2D eigenvalue weighted by atomic mass is 9.85. The predicted octanol–water partition coefficient (Wildman–Crippen LogP) is 13.2. The zero-order valence-corrected chi connectivity index (χ0v) is 30.5. The van der Waals surface area contributed by atoms with Crippen molar-refractivity contribution >= 4 is 43.6 Å². The van der Waals surface area contributed by atoms with Crippen LogP contribution in [0.4, 0.5) is 0 Å². The molecule has 0 aliphatic heterocycles. The molecule has 0 unspecified atom stereocenters. The predicted molar refractivity (Wildman–Crippen MR) is 226 cm³/mol. The summed E-state index contributed by atoms with van der Waals surface area (Å²) < 4.78 is 2.33. The van der Waals surface area contributed by atoms with E-state index in [1.807, 2.05) is 6.20 Å². The van der Waals surface area contributed by atoms with Crippen LogP contribution >= 0.6 is 0 Å². The highest BCUT2D eigenvalue weighted by atomic mass is 15.1. The molecule has 0 aliphatic carbocycles. The molecule has 10 rings (SSSR count). The van der Waals surface area contributed by atoms with E-state index in [9.17, 15) is 0 Å². The third kappa shape index (κ3) is 5.30. The third-order valence-electron chi connectivity index (χ3n) is 10.7. The molecule has 0 atom stereocenters. The summed E-state index contributed by atoms with van der Waals surface area (Å²) in [4.78, 5) is 14.4. The molecule has 10 aromatic rings. The van der Waals surface area contributed by atoms with Crippen molar-refractivity contribution in [3.8, 4) is 50.6 Å². The molecule has 3 aromatic heterocycles. The monoisotopic (exact) mass is 694 g/mol. The molecular formula is C50H38N4. The summed E-state index contributed by atoms with van der Waals surface area (Å²) in [7, 11) is 0. The van der Waals surface area contributed by atoms with Gasteiger partial charge in [0.25, 0.3) is 0 Å². The first-order valence-electron chi connectivity index (χ1n) is 18.6. The van der Waals surface area contributed by atoms with E-state index in [0.717, 1.165) is 72.5 Å². The number of para-hydroxylation sites is 3. The summed E-state index contributed by atoms with van der Waals surface area (Å²) in [6.45, 7) is 6.85. The van der Waals surface area contributed by atoms with Gasteiger partial charge in [-0.3, -0.25) is 9.55 Å². The van der Waals surface area contributed by atoms with Crippen LogP contribution in [0.2, 0.25) is 0 Å². The summed E-state index contributed by atoms with van der Waals surface area (Å²) in [5, 5.41) is 4.76. The molecule has 0 saturated carbocycles. The molecule has 4 nitrogen and oxygen atoms in total. The number of hydrogen-bond donors (Lipinski definition) is 1. The molecule has 3 heterocycles. The normalized spacial score (nSPS) is 12.0. The van der Waals surface area contributed by atoms with Crippen LogP contribution in [0.5, 0.6) is 0 Å². The van der Waals surface area contributed by atoms with Gasteiger partial charge in [-0.05, 0) is 99.1 Å². The maximum atomic E-state index is 5.64. The number of nitrogens with one attached hydrogen (secondary N) is 1. The Balaban J connectivity index is 1.25. The van der Waals surface area contributed by atoms with Gasteiger partial charge in [-0.1, -0.05) is 124 Å². The van der Waals surface area contributed by atoms with Gasteiger partial charge < -0.3 is 4.98 Å². The Morgan fingerprint density at radius 1 is 0.537 bits per heavy atom. The quantitative estimate of drug-likeness (QED) is 0.195. The molecule has 0 aliphatic rings. The van der Waals surface area contributed by atoms with Crippen molar-refractivity contribution in [2.75, 3.05) is 0 Å². The maximum absolute atomic E-state index is 5.64. The third-order valence-corrected chi connectivity index (χ3v) is 10.7. The number of hydrogen-bond acceptors (Lipinski definition) is 2. The Kier molecular flexibility index (Phi) is 7.34. The van der Waals surface area contributed by atoms with Crippen LogP contribution < -0.4 is 0 Å². The van der Waals surface area contributed by atoms with E-state index in [2.05, 4.69) is 194 Å². The first kappa shape index (κ1) is 31.9. The highest BCUT2D eigenvalue weighted by molar-refractivity contribution is 6.12. The average molecular weight is 695 g/mol. The fourth-order valence-corrected chi connectivity index (χ4v) is 7.98. The molecule has 0 amide bonds. The van der Waals surface area contributed by atoms with Gasteiger partial charge in [0.1, 0.15) is 5.82 Å². The van der Waals surface area contributed by atoms with Crippen LogP contribution in [0.25, 0.3) is 94.2 Å². The van der Waals surface area contributed by atoms with E-state index in [1.54, 1.807) is 0 Å². The van der Waals surface area contributed by atoms with E-state index in [-0.39, 0.29) is 5.41 Å². The number of H-pyrrole nitrogens is 1. The van der Waals surface area contributed by atoms with Crippen LogP contribution in [0.1, 0.15) is 26.3 Å². The van der Waals surface area contributed by atoms with Gasteiger partial charge in [0.2, 0.25) is 0 Å². The number of aromatic amines is 1. The maximum Gasteiger partial charge on any atom is 0.147 e. The smallest absolute Gasteiger partial charge is 0.147 e. The Bertz CT molecular complexity index is 3020. The molecule has 7 aromatic carbocycles. The summed E-state index contributed by atoms with van der Waals surface area (Å²) in [6, 6.07) is 58.5. The number of aromatic nitrogens is 4. The van der Waals surface area contributed by atoms with Crippen molar-refractivity contribution in [1.82, 2.24) is 19.5 Å². The second-order valence-electron chi connectivity index (χ2n) is 15.2. The average Bonchev–Trinajstić information content (AvgIpc) is 3.79. The molecule has 0 radical (unpaired) electrons. The number of imidazole rings is 1. The molecule has 0 bridgehead atoms. The standard InChI is InChI=1S/C50H38N4/c1-50(2,3)36-30-42-40-21-12-13-23-44(40)52-47(42)43(31-36)49-53-48-39(22-14-24-46(48)54(49)37-18-8-5-9-19-37)35-27-34-17-10-11-20-38(34)41(28-35)45-29-33(25-26-51-45)32-15-6-4-7-16-32/h4-31,52H,1-3H3. The van der Waals surface area contributed by atoms with E-state index < -0.39 is 0 Å². The Morgan fingerprint density at radius 3 is 2.09 bits per heavy atom. The minimum atomic E-state index is -0.0661. The van der Waals surface area contributed by atoms with Crippen molar-refractivity contribution in [2.24, 2.45) is 0 Å². The van der Waals surface area contributed by atoms with Crippen LogP contribution in [-0.4, -0.2) is 19.5 Å². The van der Waals surface area contributed by atoms with Crippen molar-refractivity contribution in [3.63, 3.8) is 0 Å². The first-order chi connectivity index (χ1) is 26.4. The van der Waals surface area contributed by atoms with Crippen molar-refractivity contribution < 1.29 is 0 Å². The van der Waals surface area contributed by atoms with Crippen LogP contribution in [0.15, 0.2) is 170 Å². The largest absolute Gasteiger partial charge is 0.354 e. The van der Waals surface area contributed by atoms with Gasteiger partial charge in [0, 0.05) is 44.9 Å². The molecule has 258 valence electrons. The first-order valence-corrected chi connectivity index (χ1v) is 18.6. The number of fused-ring (bicyclic) bond motifs is 5. The summed E-state index contributed by atoms with van der Waals surface area (Å²) in [6.07, 6.45) is 1.92. The second kappa shape index (κ2) is 12.4. The lowest BCUT2D eigenvalue weighted by Crippen LogP contribution is -2.11. The van der Waals surface area contributed by atoms with Crippen LogP contribution in [0.3, 0.4) is 0 Å². The molecular weight excluding hydrogens is 657 g/mol. The van der Waals surface area contributed by atoms with E-state index >= 15 is 0 Å². The minimum Gasteiger partial charge on any atom is -0.354 e. The van der Waals surface area contributed by atoms with Crippen molar-refractivity contribution in [3.05, 3.63) is 176 Å². The van der Waals surface area contributed by atoms with E-state index in [1.165, 1.54) is 27.3 Å². The lowest BCUT2D eigenvalue weighted by molar-refractivity contribution is 0.591. The molecule has 0 fully saturated rings. The minimum absolute atomic E-state index is 0.0661. The topological polar surface area (TPSA) is 46.5 Å². The lowest BCUT2D eigenvalue weighted by Gasteiger charge is -2.21. The Morgan fingerprint density at radius 2 is 1.28 bits per heavy atom. The van der Waals surface area contributed by atoms with Crippen molar-refractivity contribution in [1.29, 1.82) is 0 Å². The van der Waals surface area contributed by atoms with E-state index in [4.69, 9.17) is 9.97 Å². The van der Waals surface area contributed by atoms with Gasteiger partial charge in [-0.2, -0.15) is 0 Å². The summed E-state index contributed by atoms with van der Waals surface area (Å²) in [5.74, 6) is 0.907. The Labute approximate surface area is 314 Å². The molecule has 0 spiro atoms. The zero-order chi connectivity index (χ0) is 36.4. The van der Waals surface area contributed by atoms with Gasteiger partial charge >= 0.3 is 0 Å². The summed E-state index contributed by atoms with van der Waals surface area (Å²) >= 11 is 0. The van der Waals surface area contributed by atoms with Crippen LogP contribution in [-0.2, 0) is 5.41 Å². The molecule has 0 saturated heterocycles.